The second-order valence-electron chi connectivity index (χ2n) is 6.68. The molecule has 4 heteroatoms. The minimum atomic E-state index is -0.432. The van der Waals surface area contributed by atoms with Crippen molar-refractivity contribution in [2.24, 2.45) is 5.92 Å². The summed E-state index contributed by atoms with van der Waals surface area (Å²) in [4.78, 5) is 12.5. The van der Waals surface area contributed by atoms with Gasteiger partial charge in [-0.3, -0.25) is 4.79 Å². The highest BCUT2D eigenvalue weighted by Crippen LogP contribution is 2.23. The fourth-order valence-corrected chi connectivity index (χ4v) is 2.44. The average Bonchev–Trinajstić information content (AvgIpc) is 2.60. The number of hydrogen-bond acceptors (Lipinski definition) is 3. The van der Waals surface area contributed by atoms with E-state index in [1.807, 2.05) is 62.4 Å². The summed E-state index contributed by atoms with van der Waals surface area (Å²) in [5.41, 5.74) is 3.52. The van der Waals surface area contributed by atoms with Gasteiger partial charge in [-0.15, -0.1) is 0 Å². The Kier molecular flexibility index (Phi) is 6.57. The zero-order chi connectivity index (χ0) is 19.1. The van der Waals surface area contributed by atoms with Gasteiger partial charge in [-0.1, -0.05) is 49.7 Å². The van der Waals surface area contributed by atoms with E-state index >= 15 is 0 Å². The fourth-order valence-electron chi connectivity index (χ4n) is 2.44. The van der Waals surface area contributed by atoms with E-state index in [1.54, 1.807) is 6.08 Å². The van der Waals surface area contributed by atoms with Crippen molar-refractivity contribution in [2.45, 2.75) is 27.7 Å². The Bertz CT molecular complexity index is 861. The van der Waals surface area contributed by atoms with Gasteiger partial charge in [0.2, 0.25) is 0 Å². The van der Waals surface area contributed by atoms with E-state index in [-0.39, 0.29) is 5.57 Å². The molecular weight excluding hydrogens is 324 g/mol. The lowest BCUT2D eigenvalue weighted by Crippen LogP contribution is -2.14. The Morgan fingerprint density at radius 3 is 2.62 bits per heavy atom. The second kappa shape index (κ2) is 8.87. The zero-order valence-electron chi connectivity index (χ0n) is 15.7. The first-order valence-corrected chi connectivity index (χ1v) is 8.63. The summed E-state index contributed by atoms with van der Waals surface area (Å²) in [6.45, 7) is 8.62. The second-order valence-corrected chi connectivity index (χ2v) is 6.68. The molecule has 2 aromatic rings. The summed E-state index contributed by atoms with van der Waals surface area (Å²) >= 11 is 0. The molecule has 2 aromatic carbocycles. The molecule has 0 unspecified atom stereocenters. The summed E-state index contributed by atoms with van der Waals surface area (Å²) in [6, 6.07) is 15.1. The van der Waals surface area contributed by atoms with E-state index in [9.17, 15) is 10.1 Å². The van der Waals surface area contributed by atoms with Crippen LogP contribution in [0.2, 0.25) is 0 Å². The minimum absolute atomic E-state index is 0.0329. The Balaban J connectivity index is 2.25. The topological polar surface area (TPSA) is 62.1 Å². The Labute approximate surface area is 155 Å². The van der Waals surface area contributed by atoms with Gasteiger partial charge in [-0.25, -0.2) is 0 Å². The van der Waals surface area contributed by atoms with Gasteiger partial charge in [-0.2, -0.15) is 5.26 Å². The van der Waals surface area contributed by atoms with Crippen LogP contribution in [0.5, 0.6) is 5.75 Å². The average molecular weight is 348 g/mol. The molecule has 0 aliphatic carbocycles. The Hall–Kier alpha value is -3.06. The standard InChI is InChI=1S/C22H24N2O2/c1-15(2)14-26-21-8-6-5-7-18(21)12-19(13-23)22(25)24-20-10-9-16(3)11-17(20)4/h5-12,15H,14H2,1-4H3,(H,24,25)/b19-12+. The van der Waals surface area contributed by atoms with Crippen LogP contribution in [-0.2, 0) is 4.79 Å². The lowest BCUT2D eigenvalue weighted by molar-refractivity contribution is -0.112. The van der Waals surface area contributed by atoms with Gasteiger partial charge in [0.1, 0.15) is 17.4 Å². The molecule has 134 valence electrons. The summed E-state index contributed by atoms with van der Waals surface area (Å²) in [5, 5.41) is 12.2. The van der Waals surface area contributed by atoms with Crippen LogP contribution in [-0.4, -0.2) is 12.5 Å². The molecule has 0 fully saturated rings. The van der Waals surface area contributed by atoms with Gasteiger partial charge in [-0.05, 0) is 43.5 Å². The third-order valence-corrected chi connectivity index (χ3v) is 3.79. The molecule has 0 radical (unpaired) electrons. The molecule has 0 saturated carbocycles. The van der Waals surface area contributed by atoms with Gasteiger partial charge in [0, 0.05) is 11.3 Å². The van der Waals surface area contributed by atoms with Crippen LogP contribution >= 0.6 is 0 Å². The number of para-hydroxylation sites is 1. The van der Waals surface area contributed by atoms with Crippen LogP contribution in [0.25, 0.3) is 6.08 Å². The molecule has 0 bridgehead atoms. The quantitative estimate of drug-likeness (QED) is 0.597. The third-order valence-electron chi connectivity index (χ3n) is 3.79. The first kappa shape index (κ1) is 19.3. The number of anilines is 1. The lowest BCUT2D eigenvalue weighted by Gasteiger charge is -2.12. The highest BCUT2D eigenvalue weighted by atomic mass is 16.5. The number of hydrogen-bond donors (Lipinski definition) is 1. The van der Waals surface area contributed by atoms with Crippen molar-refractivity contribution >= 4 is 17.7 Å². The molecule has 0 heterocycles. The number of benzene rings is 2. The van der Waals surface area contributed by atoms with Crippen LogP contribution in [0.3, 0.4) is 0 Å². The monoisotopic (exact) mass is 348 g/mol. The molecule has 0 aliphatic rings. The lowest BCUT2D eigenvalue weighted by atomic mass is 10.1. The zero-order valence-corrected chi connectivity index (χ0v) is 15.7. The predicted octanol–water partition coefficient (Wildman–Crippen LogP) is 4.88. The van der Waals surface area contributed by atoms with Crippen molar-refractivity contribution in [3.8, 4) is 11.8 Å². The number of amides is 1. The van der Waals surface area contributed by atoms with Crippen LogP contribution in [0.1, 0.15) is 30.5 Å². The van der Waals surface area contributed by atoms with Gasteiger partial charge >= 0.3 is 0 Å². The van der Waals surface area contributed by atoms with E-state index < -0.39 is 5.91 Å². The number of ether oxygens (including phenoxy) is 1. The molecule has 1 N–H and O–H groups in total. The number of nitriles is 1. The summed E-state index contributed by atoms with van der Waals surface area (Å²) in [7, 11) is 0. The molecule has 0 aromatic heterocycles. The van der Waals surface area contributed by atoms with E-state index in [0.29, 0.717) is 29.5 Å². The predicted molar refractivity (Wildman–Crippen MR) is 105 cm³/mol. The smallest absolute Gasteiger partial charge is 0.266 e. The number of nitrogens with zero attached hydrogens (tertiary/aromatic N) is 1. The normalized spacial score (nSPS) is 11.2. The molecular formula is C22H24N2O2. The third kappa shape index (κ3) is 5.22. The first-order valence-electron chi connectivity index (χ1n) is 8.63. The Morgan fingerprint density at radius 1 is 1.23 bits per heavy atom. The van der Waals surface area contributed by atoms with Crippen molar-refractivity contribution in [2.75, 3.05) is 11.9 Å². The molecule has 26 heavy (non-hydrogen) atoms. The number of carbonyl (C=O) groups excluding carboxylic acids is 1. The van der Waals surface area contributed by atoms with Gasteiger partial charge in [0.15, 0.2) is 0 Å². The van der Waals surface area contributed by atoms with Crippen LogP contribution in [0.15, 0.2) is 48.0 Å². The Morgan fingerprint density at radius 2 is 1.96 bits per heavy atom. The molecule has 0 spiro atoms. The number of carbonyl (C=O) groups is 1. The highest BCUT2D eigenvalue weighted by molar-refractivity contribution is 6.10. The molecule has 1 amide bonds. The van der Waals surface area contributed by atoms with Gasteiger partial charge < -0.3 is 10.1 Å². The van der Waals surface area contributed by atoms with Crippen LogP contribution in [0.4, 0.5) is 5.69 Å². The maximum absolute atomic E-state index is 12.5. The molecule has 4 nitrogen and oxygen atoms in total. The largest absolute Gasteiger partial charge is 0.493 e. The molecule has 0 saturated heterocycles. The van der Waals surface area contributed by atoms with E-state index in [0.717, 1.165) is 11.1 Å². The van der Waals surface area contributed by atoms with E-state index in [4.69, 9.17) is 4.74 Å². The van der Waals surface area contributed by atoms with Gasteiger partial charge in [0.05, 0.1) is 6.61 Å². The molecule has 0 atom stereocenters. The van der Waals surface area contributed by atoms with Crippen LogP contribution in [0, 0.1) is 31.1 Å². The number of rotatable bonds is 6. The SMILES string of the molecule is Cc1ccc(NC(=O)/C(C#N)=C/c2ccccc2OCC(C)C)c(C)c1. The first-order chi connectivity index (χ1) is 12.4. The van der Waals surface area contributed by atoms with Crippen molar-refractivity contribution in [1.29, 1.82) is 5.26 Å². The summed E-state index contributed by atoms with van der Waals surface area (Å²) in [5.74, 6) is 0.613. The van der Waals surface area contributed by atoms with Gasteiger partial charge in [0.25, 0.3) is 5.91 Å². The maximum Gasteiger partial charge on any atom is 0.266 e. The summed E-state index contributed by atoms with van der Waals surface area (Å²) in [6.07, 6.45) is 1.56. The van der Waals surface area contributed by atoms with Crippen LogP contribution < -0.4 is 10.1 Å². The van der Waals surface area contributed by atoms with E-state index in [1.165, 1.54) is 0 Å². The van der Waals surface area contributed by atoms with Crippen molar-refractivity contribution in [3.63, 3.8) is 0 Å². The summed E-state index contributed by atoms with van der Waals surface area (Å²) < 4.78 is 5.79. The van der Waals surface area contributed by atoms with Crippen molar-refractivity contribution < 1.29 is 9.53 Å². The molecule has 0 aliphatic heterocycles. The fraction of sp³-hybridized carbons (Fsp3) is 0.273. The number of nitrogens with one attached hydrogen (secondary N) is 1. The van der Waals surface area contributed by atoms with Crippen molar-refractivity contribution in [3.05, 3.63) is 64.7 Å². The highest BCUT2D eigenvalue weighted by Gasteiger charge is 2.12. The van der Waals surface area contributed by atoms with E-state index in [2.05, 4.69) is 19.2 Å². The van der Waals surface area contributed by atoms with Crippen molar-refractivity contribution in [1.82, 2.24) is 0 Å². The minimum Gasteiger partial charge on any atom is -0.493 e. The molecule has 2 rings (SSSR count). The maximum atomic E-state index is 12.5. The number of aryl methyl sites for hydroxylation is 2.